The van der Waals surface area contributed by atoms with Crippen molar-refractivity contribution in [2.24, 2.45) is 5.92 Å². The number of carboxylic acids is 1. The summed E-state index contributed by atoms with van der Waals surface area (Å²) >= 11 is 0. The van der Waals surface area contributed by atoms with Gasteiger partial charge in [0.15, 0.2) is 0 Å². The van der Waals surface area contributed by atoms with E-state index in [1.165, 1.54) is 5.56 Å². The number of piperidine rings is 2. The molecule has 0 bridgehead atoms. The molecule has 1 amide bonds. The molecule has 1 aromatic heterocycles. The molecule has 1 aliphatic carbocycles. The highest BCUT2D eigenvalue weighted by molar-refractivity contribution is 5.72. The number of aromatic nitrogens is 2. The molecule has 10 heteroatoms. The number of likely N-dealkylation sites (tertiary alicyclic amines) is 1. The molecule has 10 nitrogen and oxygen atoms in total. The lowest BCUT2D eigenvalue weighted by Crippen LogP contribution is -2.54. The molecule has 3 saturated heterocycles. The third kappa shape index (κ3) is 5.39. The number of benzene rings is 1. The van der Waals surface area contributed by atoms with Gasteiger partial charge in [0.25, 0.3) is 0 Å². The summed E-state index contributed by atoms with van der Waals surface area (Å²) in [5.74, 6) is 0.572. The van der Waals surface area contributed by atoms with Crippen molar-refractivity contribution in [2.75, 3.05) is 42.9 Å². The van der Waals surface area contributed by atoms with Gasteiger partial charge in [0.1, 0.15) is 11.4 Å². The van der Waals surface area contributed by atoms with E-state index in [0.717, 1.165) is 64.1 Å². The molecule has 39 heavy (non-hydrogen) atoms. The number of nitrogens with zero attached hydrogens (tertiary/aromatic N) is 5. The molecule has 4 aliphatic rings. The van der Waals surface area contributed by atoms with Gasteiger partial charge in [0.05, 0.1) is 12.0 Å². The van der Waals surface area contributed by atoms with E-state index in [2.05, 4.69) is 37.1 Å². The van der Waals surface area contributed by atoms with Crippen molar-refractivity contribution in [3.8, 4) is 0 Å². The van der Waals surface area contributed by atoms with Gasteiger partial charge >= 0.3 is 12.1 Å². The van der Waals surface area contributed by atoms with Crippen LogP contribution < -0.4 is 10.2 Å². The van der Waals surface area contributed by atoms with E-state index in [1.54, 1.807) is 6.20 Å². The van der Waals surface area contributed by atoms with E-state index in [4.69, 9.17) is 9.72 Å². The minimum absolute atomic E-state index is 0.103. The van der Waals surface area contributed by atoms with Gasteiger partial charge < -0.3 is 20.1 Å². The van der Waals surface area contributed by atoms with Crippen molar-refractivity contribution in [2.45, 2.75) is 69.2 Å². The quantitative estimate of drug-likeness (QED) is 0.525. The van der Waals surface area contributed by atoms with Gasteiger partial charge in [-0.05, 0) is 69.7 Å². The Labute approximate surface area is 229 Å². The van der Waals surface area contributed by atoms with E-state index in [9.17, 15) is 14.7 Å². The second-order valence-corrected chi connectivity index (χ2v) is 11.4. The fourth-order valence-electron chi connectivity index (χ4n) is 6.99. The van der Waals surface area contributed by atoms with E-state index in [1.807, 2.05) is 24.3 Å². The molecular weight excluding hydrogens is 496 g/mol. The van der Waals surface area contributed by atoms with Gasteiger partial charge in [-0.1, -0.05) is 30.3 Å². The van der Waals surface area contributed by atoms with Crippen molar-refractivity contribution in [1.82, 2.24) is 19.8 Å². The van der Waals surface area contributed by atoms with Crippen molar-refractivity contribution in [3.05, 3.63) is 48.2 Å². The minimum Gasteiger partial charge on any atom is -0.481 e. The summed E-state index contributed by atoms with van der Waals surface area (Å²) in [5.41, 5.74) is 0.716. The first-order valence-corrected chi connectivity index (χ1v) is 14.3. The van der Waals surface area contributed by atoms with Crippen LogP contribution in [0.3, 0.4) is 0 Å². The molecular formula is C29H38N6O4. The standard InChI is InChI=1S/C29H38N6O4/c36-26(37)22-9-15-33(16-10-22)20-29-13-4-7-24(29)35(28(38)39-29)23-11-17-34(18-12-23)25-8-14-30-27(32-25)31-19-21-5-2-1-3-6-21/h1-3,5-6,8,14,22-24H,4,7,9-13,15-20H2,(H,36,37)(H,30,31,32). The van der Waals surface area contributed by atoms with Crippen LogP contribution in [0.15, 0.2) is 42.6 Å². The molecule has 1 saturated carbocycles. The summed E-state index contributed by atoms with van der Waals surface area (Å²) in [4.78, 5) is 40.4. The zero-order chi connectivity index (χ0) is 26.8. The van der Waals surface area contributed by atoms with Crippen molar-refractivity contribution in [1.29, 1.82) is 0 Å². The second kappa shape index (κ2) is 11.0. The van der Waals surface area contributed by atoms with Gasteiger partial charge in [-0.15, -0.1) is 0 Å². The predicted octanol–water partition coefficient (Wildman–Crippen LogP) is 3.60. The first-order chi connectivity index (χ1) is 19.0. The van der Waals surface area contributed by atoms with Gasteiger partial charge in [-0.25, -0.2) is 9.78 Å². The van der Waals surface area contributed by atoms with Crippen molar-refractivity contribution in [3.63, 3.8) is 0 Å². The van der Waals surface area contributed by atoms with Crippen LogP contribution in [0.25, 0.3) is 0 Å². The fourth-order valence-corrected chi connectivity index (χ4v) is 6.99. The molecule has 0 radical (unpaired) electrons. The van der Waals surface area contributed by atoms with E-state index in [-0.39, 0.29) is 24.1 Å². The average Bonchev–Trinajstić information content (AvgIpc) is 3.47. The lowest BCUT2D eigenvalue weighted by molar-refractivity contribution is -0.143. The molecule has 2 N–H and O–H groups in total. The highest BCUT2D eigenvalue weighted by Gasteiger charge is 2.58. The number of carbonyl (C=O) groups is 2. The van der Waals surface area contributed by atoms with Crippen molar-refractivity contribution < 1.29 is 19.4 Å². The summed E-state index contributed by atoms with van der Waals surface area (Å²) in [6.45, 7) is 4.54. The van der Waals surface area contributed by atoms with Crippen LogP contribution in [0.2, 0.25) is 0 Å². The Hall–Kier alpha value is -3.40. The minimum atomic E-state index is -0.696. The Bertz CT molecular complexity index is 1170. The number of hydrogen-bond acceptors (Lipinski definition) is 8. The van der Waals surface area contributed by atoms with E-state index < -0.39 is 11.6 Å². The van der Waals surface area contributed by atoms with Gasteiger partial charge in [0, 0.05) is 38.4 Å². The van der Waals surface area contributed by atoms with E-state index in [0.29, 0.717) is 31.9 Å². The molecule has 2 atom stereocenters. The second-order valence-electron chi connectivity index (χ2n) is 11.4. The number of rotatable bonds is 8. The summed E-state index contributed by atoms with van der Waals surface area (Å²) < 4.78 is 6.19. The Morgan fingerprint density at radius 1 is 1.05 bits per heavy atom. The van der Waals surface area contributed by atoms with Crippen LogP contribution in [0.4, 0.5) is 16.6 Å². The predicted molar refractivity (Wildman–Crippen MR) is 147 cm³/mol. The normalized spacial score (nSPS) is 26.5. The number of anilines is 2. The van der Waals surface area contributed by atoms with E-state index >= 15 is 0 Å². The number of ether oxygens (including phenoxy) is 1. The molecule has 4 fully saturated rings. The number of aliphatic carboxylic acids is 1. The van der Waals surface area contributed by atoms with Gasteiger partial charge in [0.2, 0.25) is 5.95 Å². The maximum Gasteiger partial charge on any atom is 0.411 e. The number of fused-ring (bicyclic) bond motifs is 1. The highest BCUT2D eigenvalue weighted by atomic mass is 16.6. The maximum absolute atomic E-state index is 13.2. The summed E-state index contributed by atoms with van der Waals surface area (Å²) in [5, 5.41) is 12.7. The number of carbonyl (C=O) groups excluding carboxylic acids is 1. The van der Waals surface area contributed by atoms with Gasteiger partial charge in [-0.3, -0.25) is 14.6 Å². The van der Waals surface area contributed by atoms with Gasteiger partial charge in [-0.2, -0.15) is 4.98 Å². The SMILES string of the molecule is O=C(O)C1CCN(CC23CCCC2N(C2CCN(c4ccnc(NCc5ccccc5)n4)CC2)C(=O)O3)CC1. The lowest BCUT2D eigenvalue weighted by Gasteiger charge is -2.40. The molecule has 4 heterocycles. The van der Waals surface area contributed by atoms with Crippen LogP contribution in [0, 0.1) is 5.92 Å². The summed E-state index contributed by atoms with van der Waals surface area (Å²) in [7, 11) is 0. The van der Waals surface area contributed by atoms with Crippen molar-refractivity contribution >= 4 is 23.8 Å². The smallest absolute Gasteiger partial charge is 0.411 e. The van der Waals surface area contributed by atoms with Crippen LogP contribution in [0.5, 0.6) is 0 Å². The Morgan fingerprint density at radius 2 is 1.82 bits per heavy atom. The topological polar surface area (TPSA) is 111 Å². The first kappa shape index (κ1) is 25.9. The monoisotopic (exact) mass is 534 g/mol. The number of nitrogens with one attached hydrogen (secondary N) is 1. The third-order valence-corrected chi connectivity index (χ3v) is 9.07. The number of amides is 1. The highest BCUT2D eigenvalue weighted by Crippen LogP contribution is 2.45. The largest absolute Gasteiger partial charge is 0.481 e. The molecule has 3 aliphatic heterocycles. The molecule has 208 valence electrons. The number of hydrogen-bond donors (Lipinski definition) is 2. The number of carboxylic acid groups (broad SMARTS) is 1. The molecule has 6 rings (SSSR count). The summed E-state index contributed by atoms with van der Waals surface area (Å²) in [6, 6.07) is 12.4. The maximum atomic E-state index is 13.2. The molecule has 2 unspecified atom stereocenters. The van der Waals surface area contributed by atoms with Crippen LogP contribution >= 0.6 is 0 Å². The summed E-state index contributed by atoms with van der Waals surface area (Å²) in [6.07, 6.45) is 7.62. The zero-order valence-corrected chi connectivity index (χ0v) is 22.4. The fraction of sp³-hybridized carbons (Fsp3) is 0.586. The molecule has 2 aromatic rings. The molecule has 1 aromatic carbocycles. The zero-order valence-electron chi connectivity index (χ0n) is 22.4. The lowest BCUT2D eigenvalue weighted by atomic mass is 9.91. The average molecular weight is 535 g/mol. The Morgan fingerprint density at radius 3 is 2.56 bits per heavy atom. The van der Waals surface area contributed by atoms with Crippen LogP contribution in [-0.2, 0) is 16.1 Å². The van der Waals surface area contributed by atoms with Crippen LogP contribution in [0.1, 0.15) is 50.5 Å². The Kier molecular flexibility index (Phi) is 7.29. The molecule has 0 spiro atoms. The first-order valence-electron chi connectivity index (χ1n) is 14.3. The van der Waals surface area contributed by atoms with Crippen LogP contribution in [-0.4, -0.2) is 87.3 Å². The third-order valence-electron chi connectivity index (χ3n) is 9.07. The Balaban J connectivity index is 1.05.